The van der Waals surface area contributed by atoms with Gasteiger partial charge in [0, 0.05) is 5.02 Å². The lowest BCUT2D eigenvalue weighted by Crippen LogP contribution is -2.20. The number of carbonyl (C=O) groups is 1. The lowest BCUT2D eigenvalue weighted by molar-refractivity contribution is -0.118. The molecule has 0 radical (unpaired) electrons. The molecule has 0 saturated carbocycles. The monoisotopic (exact) mass is 397 g/mol. The minimum Gasteiger partial charge on any atom is -0.506 e. The third-order valence-corrected chi connectivity index (χ3v) is 6.09. The number of aromatic hydroxyl groups is 1. The first-order valence-electron chi connectivity index (χ1n) is 7.89. The van der Waals surface area contributed by atoms with E-state index in [2.05, 4.69) is 5.32 Å². The van der Waals surface area contributed by atoms with Gasteiger partial charge in [0.25, 0.3) is 5.91 Å². The second kappa shape index (κ2) is 7.97. The summed E-state index contributed by atoms with van der Waals surface area (Å²) in [6.45, 7) is 4.88. The van der Waals surface area contributed by atoms with Gasteiger partial charge < -0.3 is 15.2 Å². The van der Waals surface area contributed by atoms with Crippen LogP contribution in [0.15, 0.2) is 35.2 Å². The summed E-state index contributed by atoms with van der Waals surface area (Å²) in [5.41, 5.74) is 1.67. The van der Waals surface area contributed by atoms with Gasteiger partial charge >= 0.3 is 0 Å². The fourth-order valence-electron chi connectivity index (χ4n) is 2.30. The predicted molar refractivity (Wildman–Crippen MR) is 101 cm³/mol. The largest absolute Gasteiger partial charge is 0.506 e. The molecule has 0 aliphatic carbocycles. The highest BCUT2D eigenvalue weighted by Gasteiger charge is 2.15. The van der Waals surface area contributed by atoms with Gasteiger partial charge in [-0.1, -0.05) is 18.5 Å². The van der Waals surface area contributed by atoms with Gasteiger partial charge in [-0.05, 0) is 55.3 Å². The third-order valence-electron chi connectivity index (χ3n) is 3.76. The Hall–Kier alpha value is -2.25. The Balaban J connectivity index is 2.10. The molecule has 1 amide bonds. The molecular formula is C18H20ClNO5S. The Morgan fingerprint density at radius 1 is 1.19 bits per heavy atom. The quantitative estimate of drug-likeness (QED) is 0.728. The van der Waals surface area contributed by atoms with E-state index in [0.29, 0.717) is 10.8 Å². The maximum atomic E-state index is 12.1. The molecule has 0 aliphatic rings. The van der Waals surface area contributed by atoms with E-state index in [0.717, 1.165) is 11.1 Å². The first-order valence-corrected chi connectivity index (χ1v) is 9.92. The molecule has 2 N–H and O–H groups in total. The van der Waals surface area contributed by atoms with E-state index in [1.807, 2.05) is 13.8 Å². The van der Waals surface area contributed by atoms with Gasteiger partial charge in [-0.15, -0.1) is 0 Å². The van der Waals surface area contributed by atoms with Crippen LogP contribution in [0.3, 0.4) is 0 Å². The zero-order valence-electron chi connectivity index (χ0n) is 14.7. The number of phenols is 1. The average Bonchev–Trinajstić information content (AvgIpc) is 2.59. The van der Waals surface area contributed by atoms with Crippen molar-refractivity contribution in [3.8, 4) is 11.5 Å². The number of anilines is 1. The highest BCUT2D eigenvalue weighted by Crippen LogP contribution is 2.28. The zero-order valence-corrected chi connectivity index (χ0v) is 16.2. The number of phenolic OH excluding ortho intramolecular Hbond substituents is 1. The molecule has 0 saturated heterocycles. The van der Waals surface area contributed by atoms with E-state index in [4.69, 9.17) is 16.3 Å². The molecule has 6 nitrogen and oxygen atoms in total. The van der Waals surface area contributed by atoms with Gasteiger partial charge in [0.1, 0.15) is 11.5 Å². The van der Waals surface area contributed by atoms with Gasteiger partial charge in [0.15, 0.2) is 16.4 Å². The summed E-state index contributed by atoms with van der Waals surface area (Å²) in [6, 6.07) is 7.18. The number of rotatable bonds is 6. The molecule has 26 heavy (non-hydrogen) atoms. The molecule has 0 aromatic heterocycles. The molecule has 0 spiro atoms. The molecule has 0 bridgehead atoms. The van der Waals surface area contributed by atoms with Crippen LogP contribution in [0.2, 0.25) is 5.02 Å². The fraction of sp³-hybridized carbons (Fsp3) is 0.278. The van der Waals surface area contributed by atoms with Crippen LogP contribution in [0.4, 0.5) is 5.69 Å². The normalized spacial score (nSPS) is 11.2. The Bertz CT molecular complexity index is 918. The lowest BCUT2D eigenvalue weighted by Gasteiger charge is -2.12. The van der Waals surface area contributed by atoms with E-state index in [-0.39, 0.29) is 28.7 Å². The fourth-order valence-corrected chi connectivity index (χ4v) is 3.32. The highest BCUT2D eigenvalue weighted by atomic mass is 35.5. The van der Waals surface area contributed by atoms with Crippen molar-refractivity contribution in [2.24, 2.45) is 0 Å². The second-order valence-corrected chi connectivity index (χ2v) is 8.45. The van der Waals surface area contributed by atoms with Gasteiger partial charge in [0.2, 0.25) is 0 Å². The summed E-state index contributed by atoms with van der Waals surface area (Å²) in [6.07, 6.45) is 0. The molecule has 2 aromatic carbocycles. The number of nitrogens with one attached hydrogen (secondary N) is 1. The zero-order chi connectivity index (χ0) is 19.5. The number of hydrogen-bond donors (Lipinski definition) is 2. The molecule has 0 aliphatic heterocycles. The number of sulfone groups is 1. The molecule has 8 heteroatoms. The molecule has 140 valence electrons. The number of halogens is 1. The van der Waals surface area contributed by atoms with Crippen molar-refractivity contribution in [3.05, 3.63) is 46.5 Å². The van der Waals surface area contributed by atoms with E-state index in [1.54, 1.807) is 12.1 Å². The van der Waals surface area contributed by atoms with Crippen LogP contribution in [-0.2, 0) is 14.6 Å². The van der Waals surface area contributed by atoms with Crippen LogP contribution in [0.25, 0.3) is 0 Å². The summed E-state index contributed by atoms with van der Waals surface area (Å²) in [5, 5.41) is 12.9. The van der Waals surface area contributed by atoms with E-state index < -0.39 is 15.7 Å². The predicted octanol–water partition coefficient (Wildman–Crippen LogP) is 3.47. The maximum absolute atomic E-state index is 12.1. The van der Waals surface area contributed by atoms with E-state index in [1.165, 1.54) is 25.1 Å². The van der Waals surface area contributed by atoms with Crippen LogP contribution in [0.5, 0.6) is 11.5 Å². The van der Waals surface area contributed by atoms with Crippen molar-refractivity contribution >= 4 is 33.0 Å². The summed E-state index contributed by atoms with van der Waals surface area (Å²) >= 11 is 6.09. The lowest BCUT2D eigenvalue weighted by atomic mass is 10.1. The maximum Gasteiger partial charge on any atom is 0.262 e. The first-order chi connectivity index (χ1) is 12.1. The number of amides is 1. The molecular weight excluding hydrogens is 378 g/mol. The smallest absolute Gasteiger partial charge is 0.262 e. The van der Waals surface area contributed by atoms with Crippen molar-refractivity contribution < 1.29 is 23.1 Å². The molecule has 2 aromatic rings. The Morgan fingerprint density at radius 3 is 2.38 bits per heavy atom. The van der Waals surface area contributed by atoms with E-state index in [9.17, 15) is 18.3 Å². The van der Waals surface area contributed by atoms with Crippen molar-refractivity contribution in [3.63, 3.8) is 0 Å². The van der Waals surface area contributed by atoms with E-state index >= 15 is 0 Å². The Labute approximate surface area is 157 Å². The van der Waals surface area contributed by atoms with Gasteiger partial charge in [-0.25, -0.2) is 8.42 Å². The minimum atomic E-state index is -3.45. The number of benzene rings is 2. The van der Waals surface area contributed by atoms with Crippen LogP contribution >= 0.6 is 11.6 Å². The summed E-state index contributed by atoms with van der Waals surface area (Å²) < 4.78 is 29.3. The number of aryl methyl sites for hydroxylation is 2. The van der Waals surface area contributed by atoms with Crippen molar-refractivity contribution in [1.29, 1.82) is 0 Å². The minimum absolute atomic E-state index is 0.0107. The summed E-state index contributed by atoms with van der Waals surface area (Å²) in [5.74, 6) is -0.349. The standard InChI is InChI=1S/C18H20ClNO5S/c1-4-26(23,24)14-5-6-16(21)15(9-14)20-17(22)10-25-13-7-11(2)18(19)12(3)8-13/h5-9,21H,4,10H2,1-3H3,(H,20,22). The number of hydrogen-bond acceptors (Lipinski definition) is 5. The molecule has 0 fully saturated rings. The topological polar surface area (TPSA) is 92.7 Å². The third kappa shape index (κ3) is 4.68. The van der Waals surface area contributed by atoms with Crippen LogP contribution in [0.1, 0.15) is 18.1 Å². The molecule has 0 unspecified atom stereocenters. The van der Waals surface area contributed by atoms with Gasteiger partial charge in [-0.2, -0.15) is 0 Å². The van der Waals surface area contributed by atoms with Crippen LogP contribution in [0, 0.1) is 13.8 Å². The van der Waals surface area contributed by atoms with Gasteiger partial charge in [0.05, 0.1) is 16.3 Å². The second-order valence-electron chi connectivity index (χ2n) is 5.79. The SMILES string of the molecule is CCS(=O)(=O)c1ccc(O)c(NC(=O)COc2cc(C)c(Cl)c(C)c2)c1. The Kier molecular flexibility index (Phi) is 6.15. The summed E-state index contributed by atoms with van der Waals surface area (Å²) in [4.78, 5) is 12.1. The highest BCUT2D eigenvalue weighted by molar-refractivity contribution is 7.91. The van der Waals surface area contributed by atoms with Crippen LogP contribution in [-0.4, -0.2) is 31.8 Å². The van der Waals surface area contributed by atoms with Crippen molar-refractivity contribution in [2.75, 3.05) is 17.7 Å². The average molecular weight is 398 g/mol. The van der Waals surface area contributed by atoms with Gasteiger partial charge in [-0.3, -0.25) is 4.79 Å². The Morgan fingerprint density at radius 2 is 1.81 bits per heavy atom. The molecule has 0 heterocycles. The van der Waals surface area contributed by atoms with Crippen molar-refractivity contribution in [2.45, 2.75) is 25.7 Å². The molecule has 0 atom stereocenters. The first kappa shape index (κ1) is 20.1. The number of ether oxygens (including phenoxy) is 1. The number of carbonyl (C=O) groups excluding carboxylic acids is 1. The van der Waals surface area contributed by atoms with Crippen molar-refractivity contribution in [1.82, 2.24) is 0 Å². The summed E-state index contributed by atoms with van der Waals surface area (Å²) in [7, 11) is -3.45. The van der Waals surface area contributed by atoms with Crippen LogP contribution < -0.4 is 10.1 Å². The molecule has 2 rings (SSSR count).